The summed E-state index contributed by atoms with van der Waals surface area (Å²) in [7, 11) is 0. The van der Waals surface area contributed by atoms with E-state index < -0.39 is 12.0 Å². The van der Waals surface area contributed by atoms with Gasteiger partial charge in [0.1, 0.15) is 12.1 Å². The van der Waals surface area contributed by atoms with E-state index in [1.807, 2.05) is 18.2 Å². The molecule has 8 nitrogen and oxygen atoms in total. The van der Waals surface area contributed by atoms with Gasteiger partial charge in [-0.2, -0.15) is 0 Å². The van der Waals surface area contributed by atoms with E-state index in [0.717, 1.165) is 17.3 Å². The summed E-state index contributed by atoms with van der Waals surface area (Å²) in [4.78, 5) is 40.8. The Balaban J connectivity index is 1.86. The number of imide groups is 1. The summed E-state index contributed by atoms with van der Waals surface area (Å²) in [5, 5.41) is 2.45. The Bertz CT molecular complexity index is 728. The van der Waals surface area contributed by atoms with E-state index in [-0.39, 0.29) is 24.8 Å². The molecule has 0 spiro atoms. The number of alkyl carbamates (subject to hydrolysis) is 1. The van der Waals surface area contributed by atoms with Crippen LogP contribution in [0.5, 0.6) is 0 Å². The SMILES string of the molecule is CCOC(=O)NC(=O)CN(CC)C(=O)CSc1nc2ccccc2o1. The van der Waals surface area contributed by atoms with Crippen LogP contribution in [0.4, 0.5) is 4.79 Å². The van der Waals surface area contributed by atoms with Gasteiger partial charge in [0.25, 0.3) is 5.22 Å². The molecular weight excluding hydrogens is 346 g/mol. The maximum absolute atomic E-state index is 12.2. The molecule has 0 unspecified atom stereocenters. The molecule has 2 aromatic rings. The third-order valence-electron chi connectivity index (χ3n) is 3.18. The average molecular weight is 365 g/mol. The van der Waals surface area contributed by atoms with Crippen LogP contribution in [-0.2, 0) is 14.3 Å². The summed E-state index contributed by atoms with van der Waals surface area (Å²) < 4.78 is 10.2. The molecule has 2 rings (SSSR count). The van der Waals surface area contributed by atoms with Gasteiger partial charge in [0.15, 0.2) is 5.58 Å². The van der Waals surface area contributed by atoms with Crippen molar-refractivity contribution in [3.63, 3.8) is 0 Å². The number of carbonyl (C=O) groups is 3. The van der Waals surface area contributed by atoms with Crippen molar-refractivity contribution >= 4 is 40.8 Å². The number of carbonyl (C=O) groups excluding carboxylic acids is 3. The predicted molar refractivity (Wildman–Crippen MR) is 92.2 cm³/mol. The van der Waals surface area contributed by atoms with Crippen LogP contribution < -0.4 is 5.32 Å². The Kier molecular flexibility index (Phi) is 6.81. The van der Waals surface area contributed by atoms with E-state index in [1.54, 1.807) is 19.9 Å². The van der Waals surface area contributed by atoms with Crippen LogP contribution in [0.3, 0.4) is 0 Å². The van der Waals surface area contributed by atoms with Gasteiger partial charge in [0.2, 0.25) is 11.8 Å². The molecule has 0 aliphatic rings. The van der Waals surface area contributed by atoms with Gasteiger partial charge in [-0.1, -0.05) is 23.9 Å². The summed E-state index contributed by atoms with van der Waals surface area (Å²) in [6.45, 7) is 3.66. The van der Waals surface area contributed by atoms with E-state index >= 15 is 0 Å². The molecule has 0 fully saturated rings. The smallest absolute Gasteiger partial charge is 0.413 e. The van der Waals surface area contributed by atoms with Gasteiger partial charge in [-0.05, 0) is 26.0 Å². The van der Waals surface area contributed by atoms with Crippen molar-refractivity contribution in [2.24, 2.45) is 0 Å². The van der Waals surface area contributed by atoms with Crippen LogP contribution in [0, 0.1) is 0 Å². The molecule has 9 heteroatoms. The summed E-state index contributed by atoms with van der Waals surface area (Å²) in [6, 6.07) is 7.31. The van der Waals surface area contributed by atoms with Crippen molar-refractivity contribution in [1.29, 1.82) is 0 Å². The fraction of sp³-hybridized carbons (Fsp3) is 0.375. The number of hydrogen-bond donors (Lipinski definition) is 1. The van der Waals surface area contributed by atoms with E-state index in [1.165, 1.54) is 4.90 Å². The van der Waals surface area contributed by atoms with Gasteiger partial charge in [-0.25, -0.2) is 9.78 Å². The van der Waals surface area contributed by atoms with Crippen LogP contribution in [0.2, 0.25) is 0 Å². The first-order valence-electron chi connectivity index (χ1n) is 7.76. The molecular formula is C16H19N3O5S. The van der Waals surface area contributed by atoms with Gasteiger partial charge in [-0.3, -0.25) is 14.9 Å². The summed E-state index contributed by atoms with van der Waals surface area (Å²) >= 11 is 1.15. The normalized spacial score (nSPS) is 10.5. The molecule has 0 atom stereocenters. The Morgan fingerprint density at radius 2 is 2.04 bits per heavy atom. The van der Waals surface area contributed by atoms with Crippen molar-refractivity contribution in [3.8, 4) is 0 Å². The third kappa shape index (κ3) is 5.49. The number of likely N-dealkylation sites (N-methyl/N-ethyl adjacent to an activating group) is 1. The number of aromatic nitrogens is 1. The Labute approximate surface area is 148 Å². The van der Waals surface area contributed by atoms with Gasteiger partial charge in [-0.15, -0.1) is 0 Å². The molecule has 134 valence electrons. The van der Waals surface area contributed by atoms with E-state index in [4.69, 9.17) is 4.42 Å². The topological polar surface area (TPSA) is 102 Å². The Morgan fingerprint density at radius 1 is 1.28 bits per heavy atom. The molecule has 0 saturated heterocycles. The summed E-state index contributed by atoms with van der Waals surface area (Å²) in [5.41, 5.74) is 1.37. The first-order valence-corrected chi connectivity index (χ1v) is 8.74. The summed E-state index contributed by atoms with van der Waals surface area (Å²) in [5.74, 6) is -0.776. The molecule has 1 aromatic heterocycles. The number of nitrogens with zero attached hydrogens (tertiary/aromatic N) is 2. The van der Waals surface area contributed by atoms with Gasteiger partial charge in [0.05, 0.1) is 12.4 Å². The number of thioether (sulfide) groups is 1. The number of hydrogen-bond acceptors (Lipinski definition) is 7. The zero-order valence-corrected chi connectivity index (χ0v) is 14.8. The lowest BCUT2D eigenvalue weighted by atomic mass is 10.3. The van der Waals surface area contributed by atoms with Crippen LogP contribution in [0.25, 0.3) is 11.1 Å². The molecule has 1 heterocycles. The van der Waals surface area contributed by atoms with Crippen molar-refractivity contribution in [1.82, 2.24) is 15.2 Å². The number of rotatable bonds is 7. The van der Waals surface area contributed by atoms with Crippen LogP contribution in [0.1, 0.15) is 13.8 Å². The molecule has 0 saturated carbocycles. The maximum atomic E-state index is 12.2. The molecule has 0 aliphatic carbocycles. The Morgan fingerprint density at radius 3 is 2.72 bits per heavy atom. The minimum Gasteiger partial charge on any atom is -0.450 e. The highest BCUT2D eigenvalue weighted by molar-refractivity contribution is 7.99. The van der Waals surface area contributed by atoms with Gasteiger partial charge >= 0.3 is 6.09 Å². The highest BCUT2D eigenvalue weighted by Crippen LogP contribution is 2.23. The van der Waals surface area contributed by atoms with Crippen LogP contribution >= 0.6 is 11.8 Å². The lowest BCUT2D eigenvalue weighted by molar-refractivity contribution is -0.133. The molecule has 1 N–H and O–H groups in total. The van der Waals surface area contributed by atoms with Crippen LogP contribution in [-0.4, -0.2) is 53.2 Å². The van der Waals surface area contributed by atoms with E-state index in [0.29, 0.717) is 17.4 Å². The lowest BCUT2D eigenvalue weighted by Gasteiger charge is -2.19. The minimum atomic E-state index is -0.822. The van der Waals surface area contributed by atoms with Crippen LogP contribution in [0.15, 0.2) is 33.9 Å². The Hall–Kier alpha value is -2.55. The number of amides is 3. The van der Waals surface area contributed by atoms with Crippen molar-refractivity contribution in [3.05, 3.63) is 24.3 Å². The molecule has 25 heavy (non-hydrogen) atoms. The van der Waals surface area contributed by atoms with Crippen molar-refractivity contribution < 1.29 is 23.5 Å². The molecule has 0 bridgehead atoms. The molecule has 3 amide bonds. The summed E-state index contributed by atoms with van der Waals surface area (Å²) in [6.07, 6.45) is -0.822. The fourth-order valence-electron chi connectivity index (χ4n) is 2.00. The maximum Gasteiger partial charge on any atom is 0.413 e. The first kappa shape index (κ1) is 18.8. The van der Waals surface area contributed by atoms with Gasteiger partial charge < -0.3 is 14.1 Å². The van der Waals surface area contributed by atoms with Crippen molar-refractivity contribution in [2.45, 2.75) is 19.1 Å². The second-order valence-corrected chi connectivity index (χ2v) is 5.84. The number of para-hydroxylation sites is 2. The minimum absolute atomic E-state index is 0.0767. The quantitative estimate of drug-likeness (QED) is 0.749. The fourth-order valence-corrected chi connectivity index (χ4v) is 2.74. The highest BCUT2D eigenvalue weighted by Gasteiger charge is 2.18. The monoisotopic (exact) mass is 365 g/mol. The second kappa shape index (κ2) is 9.07. The van der Waals surface area contributed by atoms with E-state index in [2.05, 4.69) is 15.0 Å². The number of fused-ring (bicyclic) bond motifs is 1. The lowest BCUT2D eigenvalue weighted by Crippen LogP contribution is -2.43. The number of oxazole rings is 1. The van der Waals surface area contributed by atoms with Crippen molar-refractivity contribution in [2.75, 3.05) is 25.4 Å². The largest absolute Gasteiger partial charge is 0.450 e. The molecule has 0 radical (unpaired) electrons. The number of ether oxygens (including phenoxy) is 1. The van der Waals surface area contributed by atoms with E-state index in [9.17, 15) is 14.4 Å². The molecule has 1 aromatic carbocycles. The standard InChI is InChI=1S/C16H19N3O5S/c1-3-19(9-13(20)18-15(22)23-4-2)14(21)10-25-16-17-11-7-5-6-8-12(11)24-16/h5-8H,3-4,9-10H2,1-2H3,(H,18,20,22). The number of benzene rings is 1. The highest BCUT2D eigenvalue weighted by atomic mass is 32.2. The zero-order valence-electron chi connectivity index (χ0n) is 14.0. The predicted octanol–water partition coefficient (Wildman–Crippen LogP) is 2.04. The molecule has 0 aliphatic heterocycles. The number of nitrogens with one attached hydrogen (secondary N) is 1. The first-order chi connectivity index (χ1) is 12.0. The second-order valence-electron chi connectivity index (χ2n) is 4.91. The third-order valence-corrected chi connectivity index (χ3v) is 3.99. The zero-order chi connectivity index (χ0) is 18.2. The van der Waals surface area contributed by atoms with Gasteiger partial charge in [0, 0.05) is 6.54 Å². The average Bonchev–Trinajstić information content (AvgIpc) is 3.00.